The van der Waals surface area contributed by atoms with Crippen LogP contribution in [0, 0.1) is 6.92 Å². The molecule has 2 aliphatic rings. The maximum Gasteiger partial charge on any atom is -0.000424 e. The molecule has 2 aliphatic carbocycles. The van der Waals surface area contributed by atoms with Gasteiger partial charge >= 0.3 is 0 Å². The zero-order valence-corrected chi connectivity index (χ0v) is 16.8. The van der Waals surface area contributed by atoms with Gasteiger partial charge in [-0.3, -0.25) is 0 Å². The van der Waals surface area contributed by atoms with Crippen molar-refractivity contribution >= 4 is 10.8 Å². The molecule has 4 aromatic rings. The smallest absolute Gasteiger partial charge is 0.000424 e. The highest BCUT2D eigenvalue weighted by atomic mass is 14.3. The van der Waals surface area contributed by atoms with Gasteiger partial charge in [0.15, 0.2) is 0 Å². The van der Waals surface area contributed by atoms with Crippen LogP contribution in [0.15, 0.2) is 60.7 Å². The zero-order chi connectivity index (χ0) is 19.0. The highest BCUT2D eigenvalue weighted by Gasteiger charge is 2.31. The molecule has 0 bridgehead atoms. The van der Waals surface area contributed by atoms with E-state index >= 15 is 0 Å². The molecule has 136 valence electrons. The monoisotopic (exact) mass is 360 g/mol. The van der Waals surface area contributed by atoms with E-state index in [9.17, 15) is 0 Å². The summed E-state index contributed by atoms with van der Waals surface area (Å²) >= 11 is 0. The van der Waals surface area contributed by atoms with Crippen molar-refractivity contribution in [3.8, 4) is 22.3 Å². The number of hydrogen-bond acceptors (Lipinski definition) is 0. The minimum Gasteiger partial charge on any atom is -0.0616 e. The van der Waals surface area contributed by atoms with Gasteiger partial charge in [-0.15, -0.1) is 0 Å². The summed E-state index contributed by atoms with van der Waals surface area (Å²) in [6.45, 7) is 6.93. The van der Waals surface area contributed by atoms with E-state index in [0.717, 1.165) is 12.8 Å². The van der Waals surface area contributed by atoms with Crippen LogP contribution in [0.5, 0.6) is 0 Å². The van der Waals surface area contributed by atoms with Gasteiger partial charge in [-0.25, -0.2) is 0 Å². The number of rotatable bonds is 1. The molecule has 0 heteroatoms. The van der Waals surface area contributed by atoms with Crippen molar-refractivity contribution in [2.45, 2.75) is 39.5 Å². The molecule has 0 atom stereocenters. The van der Waals surface area contributed by atoms with Crippen LogP contribution in [-0.4, -0.2) is 0 Å². The minimum atomic E-state index is 0.561. The van der Waals surface area contributed by atoms with Gasteiger partial charge in [-0.05, 0) is 92.1 Å². The van der Waals surface area contributed by atoms with Crippen molar-refractivity contribution in [2.24, 2.45) is 0 Å². The van der Waals surface area contributed by atoms with Crippen LogP contribution in [0.2, 0.25) is 0 Å². The third-order valence-electron chi connectivity index (χ3n) is 6.84. The lowest BCUT2D eigenvalue weighted by molar-refractivity contribution is 0.842. The second kappa shape index (κ2) is 5.58. The highest BCUT2D eigenvalue weighted by molar-refractivity contribution is 6.03. The molecule has 6 rings (SSSR count). The Morgan fingerprint density at radius 3 is 2.25 bits per heavy atom. The maximum atomic E-state index is 2.38. The summed E-state index contributed by atoms with van der Waals surface area (Å²) in [5, 5.41) is 2.75. The van der Waals surface area contributed by atoms with Crippen LogP contribution in [0.1, 0.15) is 53.1 Å². The van der Waals surface area contributed by atoms with Gasteiger partial charge < -0.3 is 0 Å². The van der Waals surface area contributed by atoms with E-state index in [4.69, 9.17) is 0 Å². The van der Waals surface area contributed by atoms with Crippen molar-refractivity contribution in [3.63, 3.8) is 0 Å². The van der Waals surface area contributed by atoms with Crippen LogP contribution in [-0.2, 0) is 12.8 Å². The normalized spacial score (nSPS) is 13.6. The zero-order valence-electron chi connectivity index (χ0n) is 16.8. The number of hydrogen-bond donors (Lipinski definition) is 0. The Labute approximate surface area is 166 Å². The Kier molecular flexibility index (Phi) is 3.21. The summed E-state index contributed by atoms with van der Waals surface area (Å²) in [6.07, 6.45) is 2.14. The van der Waals surface area contributed by atoms with E-state index in [2.05, 4.69) is 81.4 Å². The van der Waals surface area contributed by atoms with Gasteiger partial charge in [-0.2, -0.15) is 0 Å². The molecular formula is C28H24. The van der Waals surface area contributed by atoms with Crippen LogP contribution < -0.4 is 0 Å². The second-order valence-electron chi connectivity index (χ2n) is 8.78. The van der Waals surface area contributed by atoms with E-state index in [1.807, 2.05) is 0 Å². The Balaban J connectivity index is 1.66. The van der Waals surface area contributed by atoms with E-state index in [0.29, 0.717) is 5.92 Å². The minimum absolute atomic E-state index is 0.561. The van der Waals surface area contributed by atoms with Gasteiger partial charge in [0.25, 0.3) is 0 Å². The van der Waals surface area contributed by atoms with Crippen molar-refractivity contribution in [1.82, 2.24) is 0 Å². The van der Waals surface area contributed by atoms with Gasteiger partial charge in [0, 0.05) is 0 Å². The third kappa shape index (κ3) is 2.01. The quantitative estimate of drug-likeness (QED) is 0.286. The summed E-state index contributed by atoms with van der Waals surface area (Å²) in [7, 11) is 0. The maximum absolute atomic E-state index is 2.38. The summed E-state index contributed by atoms with van der Waals surface area (Å²) < 4.78 is 0. The molecule has 0 nitrogen and oxygen atoms in total. The van der Waals surface area contributed by atoms with Crippen LogP contribution in [0.3, 0.4) is 0 Å². The van der Waals surface area contributed by atoms with E-state index < -0.39 is 0 Å². The molecule has 4 aromatic carbocycles. The van der Waals surface area contributed by atoms with Gasteiger partial charge in [0.2, 0.25) is 0 Å². The van der Waals surface area contributed by atoms with Crippen LogP contribution >= 0.6 is 0 Å². The molecule has 0 aliphatic heterocycles. The molecule has 0 saturated heterocycles. The van der Waals surface area contributed by atoms with Gasteiger partial charge in [0.05, 0.1) is 0 Å². The molecule has 0 amide bonds. The van der Waals surface area contributed by atoms with E-state index in [-0.39, 0.29) is 0 Å². The van der Waals surface area contributed by atoms with Crippen molar-refractivity contribution in [1.29, 1.82) is 0 Å². The lowest BCUT2D eigenvalue weighted by atomic mass is 9.89. The number of aryl methyl sites for hydroxylation is 1. The van der Waals surface area contributed by atoms with Crippen LogP contribution in [0.4, 0.5) is 0 Å². The standard InChI is InChI=1S/C28H24/c1-16(2)26-17(3)8-12-22-23-13-11-20-14-19-10-9-18-6-4-5-7-21(18)27(19)28(20)25(23)15-24(22)26/h4-13,16H,14-15H2,1-3H3. The van der Waals surface area contributed by atoms with Crippen molar-refractivity contribution in [2.75, 3.05) is 0 Å². The molecule has 0 fully saturated rings. The van der Waals surface area contributed by atoms with E-state index in [1.165, 1.54) is 49.7 Å². The Hall–Kier alpha value is -2.86. The molecule has 0 aromatic heterocycles. The molecular weight excluding hydrogens is 336 g/mol. The van der Waals surface area contributed by atoms with E-state index in [1.54, 1.807) is 16.7 Å². The molecule has 0 heterocycles. The molecule has 28 heavy (non-hydrogen) atoms. The lowest BCUT2D eigenvalue weighted by Crippen LogP contribution is -1.99. The summed E-state index contributed by atoms with van der Waals surface area (Å²) in [4.78, 5) is 0. The number of fused-ring (bicyclic) bond motifs is 9. The lowest BCUT2D eigenvalue weighted by Gasteiger charge is -2.15. The first-order valence-corrected chi connectivity index (χ1v) is 10.4. The fourth-order valence-electron chi connectivity index (χ4n) is 5.76. The molecule has 0 spiro atoms. The van der Waals surface area contributed by atoms with Crippen molar-refractivity contribution in [3.05, 3.63) is 94.0 Å². The Morgan fingerprint density at radius 2 is 1.39 bits per heavy atom. The summed E-state index contributed by atoms with van der Waals surface area (Å²) in [5.74, 6) is 0.561. The third-order valence-corrected chi connectivity index (χ3v) is 6.84. The predicted molar refractivity (Wildman–Crippen MR) is 119 cm³/mol. The summed E-state index contributed by atoms with van der Waals surface area (Å²) in [5.41, 5.74) is 15.0. The fourth-order valence-corrected chi connectivity index (χ4v) is 5.76. The molecule has 0 radical (unpaired) electrons. The first-order valence-electron chi connectivity index (χ1n) is 10.4. The molecule has 0 N–H and O–H groups in total. The molecule has 0 saturated carbocycles. The topological polar surface area (TPSA) is 0 Å². The molecule has 0 unspecified atom stereocenters. The SMILES string of the molecule is Cc1ccc2c(c1C(C)C)Cc1c-2ccc2c1-c1c(ccc3ccccc13)C2. The summed E-state index contributed by atoms with van der Waals surface area (Å²) in [6, 6.07) is 22.9. The average molecular weight is 361 g/mol. The largest absolute Gasteiger partial charge is 0.0616 e. The average Bonchev–Trinajstić information content (AvgIpc) is 3.25. The van der Waals surface area contributed by atoms with Gasteiger partial charge in [-0.1, -0.05) is 74.5 Å². The Bertz CT molecular complexity index is 1290. The predicted octanol–water partition coefficient (Wildman–Crippen LogP) is 7.41. The van der Waals surface area contributed by atoms with Gasteiger partial charge in [0.1, 0.15) is 0 Å². The first-order chi connectivity index (χ1) is 13.6. The van der Waals surface area contributed by atoms with Crippen LogP contribution in [0.25, 0.3) is 33.0 Å². The Morgan fingerprint density at radius 1 is 0.679 bits per heavy atom. The number of benzene rings is 4. The second-order valence-corrected chi connectivity index (χ2v) is 8.78. The van der Waals surface area contributed by atoms with Crippen molar-refractivity contribution < 1.29 is 0 Å². The highest BCUT2D eigenvalue weighted by Crippen LogP contribution is 2.50. The first kappa shape index (κ1) is 16.1. The fraction of sp³-hybridized carbons (Fsp3) is 0.214.